The molecule has 0 aliphatic heterocycles. The SMILES string of the molecule is CCCCCCCCn1cc(CN[C@@H]2[C@@H](O)[C@H](OCc3ccccc3)[C@@H](OCc3ccccc3)[C@H](OCc3ccccc3)[C@H]2OCc2ccccc2)nn1. The Labute approximate surface area is 320 Å². The minimum Gasteiger partial charge on any atom is -0.389 e. The number of aromatic nitrogens is 3. The van der Waals surface area contributed by atoms with Crippen LogP contribution in [0.4, 0.5) is 0 Å². The molecule has 1 saturated carbocycles. The Bertz CT molecular complexity index is 1730. The van der Waals surface area contributed by atoms with Gasteiger partial charge >= 0.3 is 0 Å². The fourth-order valence-corrected chi connectivity index (χ4v) is 7.05. The highest BCUT2D eigenvalue weighted by molar-refractivity contribution is 5.18. The van der Waals surface area contributed by atoms with E-state index in [0.717, 1.165) is 40.9 Å². The molecule has 9 nitrogen and oxygen atoms in total. The van der Waals surface area contributed by atoms with Gasteiger partial charge < -0.3 is 29.4 Å². The van der Waals surface area contributed by atoms with E-state index in [2.05, 4.69) is 22.6 Å². The van der Waals surface area contributed by atoms with Gasteiger partial charge in [0.15, 0.2) is 0 Å². The van der Waals surface area contributed by atoms with Gasteiger partial charge in [0, 0.05) is 19.3 Å². The van der Waals surface area contributed by atoms with Crippen LogP contribution in [0.3, 0.4) is 0 Å². The summed E-state index contributed by atoms with van der Waals surface area (Å²) in [5.41, 5.74) is 4.86. The third-order valence-electron chi connectivity index (χ3n) is 10.0. The summed E-state index contributed by atoms with van der Waals surface area (Å²) in [6, 6.07) is 39.6. The summed E-state index contributed by atoms with van der Waals surface area (Å²) in [6.07, 6.45) is 5.68. The molecular weight excluding hydrogens is 677 g/mol. The maximum absolute atomic E-state index is 12.4. The number of rotatable bonds is 22. The number of aryl methyl sites for hydroxylation is 1. The van der Waals surface area contributed by atoms with E-state index >= 15 is 0 Å². The molecule has 9 heteroatoms. The smallest absolute Gasteiger partial charge is 0.115 e. The third-order valence-corrected chi connectivity index (χ3v) is 10.0. The summed E-state index contributed by atoms with van der Waals surface area (Å²) in [4.78, 5) is 0. The third kappa shape index (κ3) is 11.9. The second-order valence-electron chi connectivity index (χ2n) is 14.2. The number of unbranched alkanes of at least 4 members (excludes halogenated alkanes) is 5. The van der Waals surface area contributed by atoms with Crippen LogP contribution in [0.25, 0.3) is 0 Å². The molecule has 1 aliphatic rings. The van der Waals surface area contributed by atoms with Gasteiger partial charge in [-0.1, -0.05) is 166 Å². The number of aliphatic hydroxyl groups is 1. The molecule has 6 atom stereocenters. The Morgan fingerprint density at radius 1 is 0.556 bits per heavy atom. The fraction of sp³-hybridized carbons (Fsp3) is 0.422. The second kappa shape index (κ2) is 21.6. The molecular formula is C45H56N4O5. The van der Waals surface area contributed by atoms with E-state index in [9.17, 15) is 5.11 Å². The predicted molar refractivity (Wildman–Crippen MR) is 210 cm³/mol. The van der Waals surface area contributed by atoms with Crippen molar-refractivity contribution in [2.45, 2.75) is 122 Å². The first-order valence-electron chi connectivity index (χ1n) is 19.6. The van der Waals surface area contributed by atoms with E-state index in [4.69, 9.17) is 18.9 Å². The Morgan fingerprint density at radius 3 is 1.48 bits per heavy atom. The van der Waals surface area contributed by atoms with Gasteiger partial charge in [-0.05, 0) is 28.7 Å². The van der Waals surface area contributed by atoms with Gasteiger partial charge in [0.1, 0.15) is 30.5 Å². The van der Waals surface area contributed by atoms with Gasteiger partial charge in [-0.25, -0.2) is 0 Å². The summed E-state index contributed by atoms with van der Waals surface area (Å²) >= 11 is 0. The molecule has 6 rings (SSSR count). The second-order valence-corrected chi connectivity index (χ2v) is 14.2. The average molecular weight is 733 g/mol. The standard InChI is InChI=1S/C45H56N4O5/c1-2-3-4-5-6-19-28-49-30-39(47-48-49)29-46-40-41(50)43(52-32-36-22-13-8-14-23-36)45(54-34-38-26-17-10-18-27-38)44(53-33-37-24-15-9-16-25-37)42(40)51-31-35-20-11-7-12-21-35/h7-18,20-27,30,40-46,50H,2-6,19,28-29,31-34H2,1H3/t40-,41-,42+,43+,44-,45-/m1/s1. The molecule has 5 aromatic rings. The van der Waals surface area contributed by atoms with Crippen molar-refractivity contribution in [1.29, 1.82) is 0 Å². The lowest BCUT2D eigenvalue weighted by atomic mass is 9.82. The van der Waals surface area contributed by atoms with Crippen molar-refractivity contribution in [3.05, 3.63) is 155 Å². The van der Waals surface area contributed by atoms with Crippen LogP contribution in [0.2, 0.25) is 0 Å². The molecule has 1 aliphatic carbocycles. The topological polar surface area (TPSA) is 99.9 Å². The van der Waals surface area contributed by atoms with E-state index in [0.29, 0.717) is 33.0 Å². The van der Waals surface area contributed by atoms with E-state index in [1.165, 1.54) is 32.1 Å². The summed E-state index contributed by atoms with van der Waals surface area (Å²) in [5, 5.41) is 24.9. The van der Waals surface area contributed by atoms with Crippen LogP contribution in [0.1, 0.15) is 73.4 Å². The minimum absolute atomic E-state index is 0.300. The number of nitrogens with one attached hydrogen (secondary N) is 1. The number of hydrogen-bond donors (Lipinski definition) is 2. The summed E-state index contributed by atoms with van der Waals surface area (Å²) in [6.45, 7) is 4.74. The molecule has 1 heterocycles. The highest BCUT2D eigenvalue weighted by atomic mass is 16.6. The molecule has 0 bridgehead atoms. The maximum atomic E-state index is 12.4. The molecule has 0 spiro atoms. The van der Waals surface area contributed by atoms with Gasteiger partial charge in [0.05, 0.1) is 38.2 Å². The first-order chi connectivity index (χ1) is 26.7. The molecule has 1 aromatic heterocycles. The van der Waals surface area contributed by atoms with Gasteiger partial charge in [-0.3, -0.25) is 4.68 Å². The predicted octanol–water partition coefficient (Wildman–Crippen LogP) is 7.81. The lowest BCUT2D eigenvalue weighted by Gasteiger charge is -2.49. The monoisotopic (exact) mass is 732 g/mol. The van der Waals surface area contributed by atoms with Gasteiger partial charge in [0.25, 0.3) is 0 Å². The first-order valence-corrected chi connectivity index (χ1v) is 19.6. The lowest BCUT2D eigenvalue weighted by molar-refractivity contribution is -0.251. The van der Waals surface area contributed by atoms with Crippen LogP contribution in [0.5, 0.6) is 0 Å². The minimum atomic E-state index is -1.01. The number of ether oxygens (including phenoxy) is 4. The van der Waals surface area contributed by atoms with Crippen molar-refractivity contribution in [2.24, 2.45) is 0 Å². The summed E-state index contributed by atoms with van der Waals surface area (Å²) in [7, 11) is 0. The summed E-state index contributed by atoms with van der Waals surface area (Å²) < 4.78 is 29.0. The van der Waals surface area contributed by atoms with Crippen LogP contribution >= 0.6 is 0 Å². The maximum Gasteiger partial charge on any atom is 0.115 e. The summed E-state index contributed by atoms with van der Waals surface area (Å²) in [5.74, 6) is 0. The zero-order chi connectivity index (χ0) is 37.2. The molecule has 54 heavy (non-hydrogen) atoms. The highest BCUT2D eigenvalue weighted by Crippen LogP contribution is 2.33. The van der Waals surface area contributed by atoms with Gasteiger partial charge in [-0.15, -0.1) is 5.10 Å². The molecule has 2 N–H and O–H groups in total. The number of hydrogen-bond acceptors (Lipinski definition) is 8. The lowest BCUT2D eigenvalue weighted by Crippen LogP contribution is -2.69. The molecule has 0 saturated heterocycles. The van der Waals surface area contributed by atoms with E-state index in [-0.39, 0.29) is 0 Å². The molecule has 0 unspecified atom stereocenters. The van der Waals surface area contributed by atoms with Crippen molar-refractivity contribution in [3.63, 3.8) is 0 Å². The molecule has 0 radical (unpaired) electrons. The highest BCUT2D eigenvalue weighted by Gasteiger charge is 2.53. The Hall–Kier alpha value is -4.22. The molecule has 286 valence electrons. The first kappa shape index (κ1) is 39.5. The van der Waals surface area contributed by atoms with E-state index in [1.807, 2.05) is 132 Å². The van der Waals surface area contributed by atoms with Crippen LogP contribution < -0.4 is 5.32 Å². The number of benzene rings is 4. The Kier molecular flexibility index (Phi) is 15.8. The van der Waals surface area contributed by atoms with Crippen LogP contribution in [-0.4, -0.2) is 56.7 Å². The molecule has 4 aromatic carbocycles. The van der Waals surface area contributed by atoms with Crippen molar-refractivity contribution in [3.8, 4) is 0 Å². The van der Waals surface area contributed by atoms with Crippen LogP contribution in [0.15, 0.2) is 128 Å². The number of aliphatic hydroxyl groups excluding tert-OH is 1. The van der Waals surface area contributed by atoms with Crippen LogP contribution in [0, 0.1) is 0 Å². The van der Waals surface area contributed by atoms with E-state index < -0.39 is 36.6 Å². The van der Waals surface area contributed by atoms with Crippen molar-refractivity contribution >= 4 is 0 Å². The molecule has 1 fully saturated rings. The van der Waals surface area contributed by atoms with Gasteiger partial charge in [0.2, 0.25) is 0 Å². The zero-order valence-electron chi connectivity index (χ0n) is 31.5. The fourth-order valence-electron chi connectivity index (χ4n) is 7.05. The van der Waals surface area contributed by atoms with Crippen LogP contribution in [-0.2, 0) is 58.5 Å². The quantitative estimate of drug-likeness (QED) is 0.0696. The Morgan fingerprint density at radius 2 is 0.981 bits per heavy atom. The normalized spacial score (nSPS) is 21.3. The van der Waals surface area contributed by atoms with Crippen molar-refractivity contribution in [1.82, 2.24) is 20.3 Å². The molecule has 0 amide bonds. The Balaban J connectivity index is 1.27. The van der Waals surface area contributed by atoms with Crippen molar-refractivity contribution in [2.75, 3.05) is 0 Å². The average Bonchev–Trinajstić information content (AvgIpc) is 3.68. The van der Waals surface area contributed by atoms with E-state index in [1.54, 1.807) is 0 Å². The largest absolute Gasteiger partial charge is 0.389 e. The zero-order valence-corrected chi connectivity index (χ0v) is 31.5. The van der Waals surface area contributed by atoms with Gasteiger partial charge in [-0.2, -0.15) is 0 Å². The number of nitrogens with zero attached hydrogens (tertiary/aromatic N) is 3. The van der Waals surface area contributed by atoms with Crippen molar-refractivity contribution < 1.29 is 24.1 Å².